The van der Waals surface area contributed by atoms with E-state index < -0.39 is 41.4 Å². The van der Waals surface area contributed by atoms with Crippen LogP contribution in [-0.4, -0.2) is 58.8 Å². The second kappa shape index (κ2) is 10.7. The summed E-state index contributed by atoms with van der Waals surface area (Å²) >= 11 is 0. The Morgan fingerprint density at radius 1 is 1.00 bits per heavy atom. The third-order valence-electron chi connectivity index (χ3n) is 8.27. The minimum absolute atomic E-state index is 0.0247. The van der Waals surface area contributed by atoms with Crippen LogP contribution in [0.3, 0.4) is 0 Å². The zero-order chi connectivity index (χ0) is 29.7. The van der Waals surface area contributed by atoms with Gasteiger partial charge in [-0.15, -0.1) is 0 Å². The van der Waals surface area contributed by atoms with Crippen LogP contribution < -0.4 is 4.74 Å². The van der Waals surface area contributed by atoms with E-state index in [1.54, 1.807) is 12.1 Å². The van der Waals surface area contributed by atoms with Gasteiger partial charge in [0.05, 0.1) is 17.7 Å². The molecule has 1 N–H and O–H groups in total. The van der Waals surface area contributed by atoms with Gasteiger partial charge in [-0.2, -0.15) is 26.3 Å². The SMILES string of the molecule is CC1CN([C@H]2CC(C(=O)N3COc4ccc(C(F)(F)F)cc4C3)=C(C(F)(F)F)C2)CCC1c1cccc(C(=O)O)c1. The summed E-state index contributed by atoms with van der Waals surface area (Å²) in [6.07, 6.45) is -9.23. The molecule has 0 spiro atoms. The first-order chi connectivity index (χ1) is 19.2. The number of amides is 1. The van der Waals surface area contributed by atoms with E-state index in [1.807, 2.05) is 17.9 Å². The predicted molar refractivity (Wildman–Crippen MR) is 135 cm³/mol. The number of carboxylic acid groups (broad SMARTS) is 1. The van der Waals surface area contributed by atoms with Gasteiger partial charge in [-0.25, -0.2) is 4.79 Å². The molecule has 41 heavy (non-hydrogen) atoms. The summed E-state index contributed by atoms with van der Waals surface area (Å²) in [5.41, 5.74) is -1.11. The Morgan fingerprint density at radius 3 is 2.41 bits per heavy atom. The number of rotatable bonds is 4. The number of carbonyl (C=O) groups is 2. The second-order valence-corrected chi connectivity index (χ2v) is 10.9. The molecule has 0 radical (unpaired) electrons. The number of carbonyl (C=O) groups excluding carboxylic acids is 1. The molecule has 1 aliphatic carbocycles. The van der Waals surface area contributed by atoms with E-state index in [-0.39, 0.29) is 60.4 Å². The third-order valence-corrected chi connectivity index (χ3v) is 8.27. The van der Waals surface area contributed by atoms with Gasteiger partial charge in [-0.05, 0) is 73.5 Å². The highest BCUT2D eigenvalue weighted by Gasteiger charge is 2.47. The van der Waals surface area contributed by atoms with Crippen molar-refractivity contribution in [3.05, 3.63) is 75.9 Å². The maximum atomic E-state index is 14.1. The van der Waals surface area contributed by atoms with Crippen LogP contribution in [-0.2, 0) is 17.5 Å². The van der Waals surface area contributed by atoms with Crippen molar-refractivity contribution in [3.8, 4) is 5.75 Å². The Bertz CT molecular complexity index is 1390. The summed E-state index contributed by atoms with van der Waals surface area (Å²) in [5, 5.41) is 9.32. The van der Waals surface area contributed by atoms with Gasteiger partial charge < -0.3 is 14.7 Å². The van der Waals surface area contributed by atoms with E-state index in [2.05, 4.69) is 0 Å². The van der Waals surface area contributed by atoms with Crippen molar-refractivity contribution in [2.24, 2.45) is 5.92 Å². The molecule has 2 heterocycles. The maximum absolute atomic E-state index is 14.1. The number of fused-ring (bicyclic) bond motifs is 1. The van der Waals surface area contributed by atoms with Gasteiger partial charge in [0, 0.05) is 29.3 Å². The van der Waals surface area contributed by atoms with Gasteiger partial charge >= 0.3 is 18.3 Å². The van der Waals surface area contributed by atoms with Crippen LogP contribution in [0.1, 0.15) is 59.2 Å². The van der Waals surface area contributed by atoms with Gasteiger partial charge in [-0.3, -0.25) is 9.69 Å². The first-order valence-corrected chi connectivity index (χ1v) is 13.2. The zero-order valence-electron chi connectivity index (χ0n) is 22.1. The molecule has 0 bridgehead atoms. The minimum atomic E-state index is -4.74. The van der Waals surface area contributed by atoms with Crippen LogP contribution in [0.4, 0.5) is 26.3 Å². The first kappa shape index (κ1) is 29.0. The number of nitrogens with zero attached hydrogens (tertiary/aromatic N) is 2. The van der Waals surface area contributed by atoms with E-state index in [4.69, 9.17) is 4.74 Å². The number of hydrogen-bond donors (Lipinski definition) is 1. The van der Waals surface area contributed by atoms with Crippen LogP contribution in [0.25, 0.3) is 0 Å². The van der Waals surface area contributed by atoms with Crippen molar-refractivity contribution < 1.29 is 45.8 Å². The Labute approximate surface area is 232 Å². The van der Waals surface area contributed by atoms with Crippen LogP contribution in [0.5, 0.6) is 5.75 Å². The molecule has 1 amide bonds. The summed E-state index contributed by atoms with van der Waals surface area (Å²) < 4.78 is 87.3. The topological polar surface area (TPSA) is 70.1 Å². The normalized spacial score (nSPS) is 23.8. The smallest absolute Gasteiger partial charge is 0.416 e. The van der Waals surface area contributed by atoms with Gasteiger partial charge in [0.25, 0.3) is 5.91 Å². The maximum Gasteiger partial charge on any atom is 0.416 e. The van der Waals surface area contributed by atoms with Crippen molar-refractivity contribution in [3.63, 3.8) is 0 Å². The monoisotopic (exact) mass is 582 g/mol. The zero-order valence-corrected chi connectivity index (χ0v) is 22.1. The Balaban J connectivity index is 1.30. The lowest BCUT2D eigenvalue weighted by Crippen LogP contribution is -2.44. The van der Waals surface area contributed by atoms with Crippen LogP contribution in [0, 0.1) is 5.92 Å². The van der Waals surface area contributed by atoms with Crippen LogP contribution >= 0.6 is 0 Å². The minimum Gasteiger partial charge on any atom is -0.478 e. The van der Waals surface area contributed by atoms with Crippen molar-refractivity contribution in [2.45, 2.75) is 57.0 Å². The third kappa shape index (κ3) is 5.93. The summed E-state index contributed by atoms with van der Waals surface area (Å²) in [5.74, 6) is -1.71. The number of carboxylic acids is 1. The number of piperidine rings is 1. The van der Waals surface area contributed by atoms with Gasteiger partial charge in [0.15, 0.2) is 6.73 Å². The molecular weight excluding hydrogens is 554 g/mol. The van der Waals surface area contributed by atoms with E-state index in [0.29, 0.717) is 19.5 Å². The lowest BCUT2D eigenvalue weighted by Gasteiger charge is -2.40. The average Bonchev–Trinajstić information content (AvgIpc) is 3.38. The summed E-state index contributed by atoms with van der Waals surface area (Å²) in [7, 11) is 0. The number of halogens is 6. The summed E-state index contributed by atoms with van der Waals surface area (Å²) in [6.45, 7) is 2.26. The molecule has 2 aromatic rings. The lowest BCUT2D eigenvalue weighted by molar-refractivity contribution is -0.137. The largest absolute Gasteiger partial charge is 0.478 e. The molecule has 2 aromatic carbocycles. The molecule has 0 aromatic heterocycles. The molecule has 5 rings (SSSR count). The molecule has 3 atom stereocenters. The van der Waals surface area contributed by atoms with Crippen molar-refractivity contribution >= 4 is 11.9 Å². The number of likely N-dealkylation sites (tertiary alicyclic amines) is 1. The molecule has 220 valence electrons. The van der Waals surface area contributed by atoms with Crippen molar-refractivity contribution in [1.82, 2.24) is 9.80 Å². The number of aromatic carboxylic acids is 1. The molecule has 1 saturated heterocycles. The van der Waals surface area contributed by atoms with E-state index in [9.17, 15) is 41.0 Å². The molecule has 12 heteroatoms. The molecule has 1 fully saturated rings. The average molecular weight is 583 g/mol. The van der Waals surface area contributed by atoms with E-state index in [0.717, 1.165) is 28.7 Å². The predicted octanol–water partition coefficient (Wildman–Crippen LogP) is 6.23. The van der Waals surface area contributed by atoms with Gasteiger partial charge in [-0.1, -0.05) is 19.1 Å². The Morgan fingerprint density at radius 2 is 1.76 bits per heavy atom. The quantitative estimate of drug-likeness (QED) is 0.433. The van der Waals surface area contributed by atoms with Crippen molar-refractivity contribution in [2.75, 3.05) is 19.8 Å². The Hall–Kier alpha value is -3.54. The fourth-order valence-electron chi connectivity index (χ4n) is 6.20. The highest BCUT2D eigenvalue weighted by molar-refractivity contribution is 5.95. The summed E-state index contributed by atoms with van der Waals surface area (Å²) in [4.78, 5) is 27.7. The molecular formula is C29H28F6N2O4. The fraction of sp³-hybridized carbons (Fsp3) is 0.448. The molecule has 3 aliphatic rings. The van der Waals surface area contributed by atoms with Gasteiger partial charge in [0.2, 0.25) is 0 Å². The molecule has 6 nitrogen and oxygen atoms in total. The van der Waals surface area contributed by atoms with E-state index in [1.165, 1.54) is 6.07 Å². The number of ether oxygens (including phenoxy) is 1. The van der Waals surface area contributed by atoms with E-state index >= 15 is 0 Å². The lowest BCUT2D eigenvalue weighted by atomic mass is 9.80. The van der Waals surface area contributed by atoms with Gasteiger partial charge in [0.1, 0.15) is 5.75 Å². The fourth-order valence-corrected chi connectivity index (χ4v) is 6.20. The number of benzene rings is 2. The highest BCUT2D eigenvalue weighted by Crippen LogP contribution is 2.44. The standard InChI is InChI=1S/C29H28F6N2O4/c1-16-13-36(8-7-22(16)17-3-2-4-18(9-17)27(39)40)21-11-23(24(12-21)29(33,34)35)26(38)37-14-19-10-20(28(30,31)32)5-6-25(19)41-15-37/h2-6,9-10,16,21-22H,7-8,11-15H2,1H3,(H,39,40)/t16?,21-,22?/m0/s1. The molecule has 2 unspecified atom stereocenters. The number of hydrogen-bond acceptors (Lipinski definition) is 4. The second-order valence-electron chi connectivity index (χ2n) is 10.9. The van der Waals surface area contributed by atoms with Crippen molar-refractivity contribution in [1.29, 1.82) is 0 Å². The Kier molecular flexibility index (Phi) is 7.56. The van der Waals surface area contributed by atoms with Crippen LogP contribution in [0.2, 0.25) is 0 Å². The first-order valence-electron chi connectivity index (χ1n) is 13.2. The highest BCUT2D eigenvalue weighted by atomic mass is 19.4. The molecule has 0 saturated carbocycles. The summed E-state index contributed by atoms with van der Waals surface area (Å²) in [6, 6.07) is 8.97. The van der Waals surface area contributed by atoms with Crippen LogP contribution in [0.15, 0.2) is 53.6 Å². The number of alkyl halides is 6. The molecule has 2 aliphatic heterocycles.